The number of esters is 2. The molecule has 10 nitrogen and oxygen atoms in total. The maximum absolute atomic E-state index is 12.7. The number of carbonyl (C=O) groups excluding carboxylic acids is 2. The zero-order chi connectivity index (χ0) is 39.5. The molecule has 0 amide bonds. The lowest BCUT2D eigenvalue weighted by molar-refractivity contribution is -0.305. The largest absolute Gasteiger partial charge is 0.462 e. The zero-order valence-electron chi connectivity index (χ0n) is 34.0. The van der Waals surface area contributed by atoms with E-state index in [9.17, 15) is 30.0 Å². The minimum Gasteiger partial charge on any atom is -0.462 e. The third-order valence-electron chi connectivity index (χ3n) is 9.78. The van der Waals surface area contributed by atoms with Crippen LogP contribution in [0.4, 0.5) is 0 Å². The van der Waals surface area contributed by atoms with Crippen LogP contribution in [-0.2, 0) is 28.5 Å². The van der Waals surface area contributed by atoms with Crippen molar-refractivity contribution in [3.05, 3.63) is 36.5 Å². The number of hydrogen-bond donors (Lipinski definition) is 4. The van der Waals surface area contributed by atoms with Gasteiger partial charge >= 0.3 is 11.9 Å². The molecule has 0 spiro atoms. The summed E-state index contributed by atoms with van der Waals surface area (Å²) in [6.07, 6.45) is 31.5. The van der Waals surface area contributed by atoms with Gasteiger partial charge in [-0.2, -0.15) is 0 Å². The van der Waals surface area contributed by atoms with Crippen molar-refractivity contribution in [1.29, 1.82) is 0 Å². The number of carbonyl (C=O) groups is 2. The number of hydrogen-bond acceptors (Lipinski definition) is 10. The van der Waals surface area contributed by atoms with Gasteiger partial charge in [0.05, 0.1) is 13.2 Å². The first-order chi connectivity index (χ1) is 26.3. The van der Waals surface area contributed by atoms with Crippen LogP contribution in [0.1, 0.15) is 174 Å². The van der Waals surface area contributed by atoms with Gasteiger partial charge in [-0.1, -0.05) is 147 Å². The highest BCUT2D eigenvalue weighted by molar-refractivity contribution is 5.70. The van der Waals surface area contributed by atoms with Crippen molar-refractivity contribution < 1.29 is 49.0 Å². The van der Waals surface area contributed by atoms with Crippen molar-refractivity contribution in [2.24, 2.45) is 0 Å². The molecule has 2 unspecified atom stereocenters. The molecule has 0 aromatic carbocycles. The topological polar surface area (TPSA) is 152 Å². The number of rotatable bonds is 35. The highest BCUT2D eigenvalue weighted by Crippen LogP contribution is 2.22. The summed E-state index contributed by atoms with van der Waals surface area (Å²) in [7, 11) is 0. The van der Waals surface area contributed by atoms with Crippen LogP contribution in [0.2, 0.25) is 0 Å². The molecular formula is C44H78O10. The maximum atomic E-state index is 12.7. The Bertz CT molecular complexity index is 980. The fourth-order valence-electron chi connectivity index (χ4n) is 6.31. The Morgan fingerprint density at radius 1 is 0.574 bits per heavy atom. The number of allylic oxidation sites excluding steroid dienone is 6. The lowest BCUT2D eigenvalue weighted by Crippen LogP contribution is -2.59. The highest BCUT2D eigenvalue weighted by atomic mass is 16.7. The normalized spacial score (nSPS) is 21.0. The number of aliphatic hydroxyl groups is 4. The van der Waals surface area contributed by atoms with E-state index >= 15 is 0 Å². The zero-order valence-corrected chi connectivity index (χ0v) is 34.0. The summed E-state index contributed by atoms with van der Waals surface area (Å²) in [4.78, 5) is 25.3. The molecule has 1 aliphatic heterocycles. The Hall–Kier alpha value is -2.08. The summed E-state index contributed by atoms with van der Waals surface area (Å²) in [5, 5.41) is 40.0. The molecule has 314 valence electrons. The van der Waals surface area contributed by atoms with Gasteiger partial charge in [0.25, 0.3) is 0 Å². The lowest BCUT2D eigenvalue weighted by atomic mass is 9.99. The van der Waals surface area contributed by atoms with Gasteiger partial charge in [-0.25, -0.2) is 0 Å². The minimum absolute atomic E-state index is 0.182. The van der Waals surface area contributed by atoms with E-state index in [4.69, 9.17) is 18.9 Å². The van der Waals surface area contributed by atoms with Gasteiger partial charge in [0.15, 0.2) is 12.4 Å². The number of ether oxygens (including phenoxy) is 4. The Labute approximate surface area is 327 Å². The van der Waals surface area contributed by atoms with Crippen LogP contribution in [0.5, 0.6) is 0 Å². The molecule has 0 aliphatic carbocycles. The second-order valence-corrected chi connectivity index (χ2v) is 14.8. The Morgan fingerprint density at radius 3 is 1.59 bits per heavy atom. The maximum Gasteiger partial charge on any atom is 0.306 e. The second-order valence-electron chi connectivity index (χ2n) is 14.8. The van der Waals surface area contributed by atoms with E-state index in [0.29, 0.717) is 6.42 Å². The summed E-state index contributed by atoms with van der Waals surface area (Å²) < 4.78 is 22.1. The van der Waals surface area contributed by atoms with Gasteiger partial charge in [-0.15, -0.1) is 0 Å². The molecule has 0 aromatic rings. The predicted octanol–water partition coefficient (Wildman–Crippen LogP) is 8.72. The van der Waals surface area contributed by atoms with Crippen LogP contribution in [0.15, 0.2) is 36.5 Å². The number of aliphatic hydroxyl groups excluding tert-OH is 4. The summed E-state index contributed by atoms with van der Waals surface area (Å²) in [6.45, 7) is 3.35. The van der Waals surface area contributed by atoms with Gasteiger partial charge in [-0.05, 0) is 51.4 Å². The van der Waals surface area contributed by atoms with E-state index in [1.54, 1.807) is 0 Å². The average molecular weight is 767 g/mol. The van der Waals surface area contributed by atoms with Gasteiger partial charge in [0.1, 0.15) is 31.0 Å². The monoisotopic (exact) mass is 767 g/mol. The standard InChI is InChI=1S/C44H78O10/c1-3-5-7-9-11-13-15-17-19-21-23-25-27-29-31-33-40(47)53-37(36-52-44-43(50)42(49)41(48)38(34-45)54-44)35-51-39(46)32-30-28-26-24-22-20-18-16-14-12-10-8-6-4-2/h11,13,17,19,23,25,37-38,41-45,48-50H,3-10,12,14-16,18,20-22,24,26-36H2,1-2H3/b13-11+,19-17+,25-23+/t37-,38-,41+,42?,43?,44-/m0/s1. The molecule has 1 aliphatic rings. The van der Waals surface area contributed by atoms with Crippen molar-refractivity contribution in [3.8, 4) is 0 Å². The molecule has 10 heteroatoms. The Balaban J connectivity index is 2.38. The van der Waals surface area contributed by atoms with E-state index in [0.717, 1.165) is 51.4 Å². The van der Waals surface area contributed by atoms with Gasteiger partial charge < -0.3 is 39.4 Å². The first kappa shape index (κ1) is 49.9. The molecule has 1 rings (SSSR count). The highest BCUT2D eigenvalue weighted by Gasteiger charge is 2.44. The fraction of sp³-hybridized carbons (Fsp3) is 0.818. The van der Waals surface area contributed by atoms with E-state index in [-0.39, 0.29) is 32.0 Å². The summed E-state index contributed by atoms with van der Waals surface area (Å²) in [6, 6.07) is 0. The van der Waals surface area contributed by atoms with Gasteiger partial charge in [0.2, 0.25) is 0 Å². The molecule has 1 saturated heterocycles. The van der Waals surface area contributed by atoms with Crippen LogP contribution in [0.25, 0.3) is 0 Å². The molecule has 6 atom stereocenters. The van der Waals surface area contributed by atoms with E-state index in [2.05, 4.69) is 50.3 Å². The fourth-order valence-corrected chi connectivity index (χ4v) is 6.31. The van der Waals surface area contributed by atoms with E-state index < -0.39 is 49.4 Å². The molecule has 54 heavy (non-hydrogen) atoms. The molecule has 0 saturated carbocycles. The van der Waals surface area contributed by atoms with E-state index in [1.165, 1.54) is 89.9 Å². The molecule has 0 aromatic heterocycles. The smallest absolute Gasteiger partial charge is 0.306 e. The van der Waals surface area contributed by atoms with Gasteiger partial charge in [0, 0.05) is 12.8 Å². The van der Waals surface area contributed by atoms with Crippen molar-refractivity contribution in [3.63, 3.8) is 0 Å². The van der Waals surface area contributed by atoms with Crippen LogP contribution in [-0.4, -0.2) is 89.0 Å². The lowest BCUT2D eigenvalue weighted by Gasteiger charge is -2.39. The van der Waals surface area contributed by atoms with Crippen molar-refractivity contribution in [2.75, 3.05) is 19.8 Å². The van der Waals surface area contributed by atoms with Crippen molar-refractivity contribution in [2.45, 2.75) is 211 Å². The minimum atomic E-state index is -1.60. The summed E-state index contributed by atoms with van der Waals surface area (Å²) >= 11 is 0. The van der Waals surface area contributed by atoms with Crippen LogP contribution >= 0.6 is 0 Å². The average Bonchev–Trinajstić information content (AvgIpc) is 3.17. The Morgan fingerprint density at radius 2 is 1.04 bits per heavy atom. The molecule has 0 bridgehead atoms. The molecule has 1 fully saturated rings. The quantitative estimate of drug-likeness (QED) is 0.0280. The van der Waals surface area contributed by atoms with Crippen LogP contribution in [0.3, 0.4) is 0 Å². The molecule has 0 radical (unpaired) electrons. The first-order valence-electron chi connectivity index (χ1n) is 21.6. The van der Waals surface area contributed by atoms with Gasteiger partial charge in [-0.3, -0.25) is 9.59 Å². The Kier molecular flexibility index (Phi) is 32.7. The first-order valence-corrected chi connectivity index (χ1v) is 21.6. The number of unbranched alkanes of at least 4 members (excludes halogenated alkanes) is 18. The molecular weight excluding hydrogens is 688 g/mol. The summed E-state index contributed by atoms with van der Waals surface area (Å²) in [5.74, 6) is -0.849. The molecule has 1 heterocycles. The predicted molar refractivity (Wildman–Crippen MR) is 215 cm³/mol. The van der Waals surface area contributed by atoms with Crippen LogP contribution in [0, 0.1) is 0 Å². The van der Waals surface area contributed by atoms with Crippen molar-refractivity contribution >= 4 is 11.9 Å². The third-order valence-corrected chi connectivity index (χ3v) is 9.78. The van der Waals surface area contributed by atoms with E-state index in [1.807, 2.05) is 0 Å². The second kappa shape index (κ2) is 35.3. The van der Waals surface area contributed by atoms with Crippen molar-refractivity contribution in [1.82, 2.24) is 0 Å². The summed E-state index contributed by atoms with van der Waals surface area (Å²) in [5.41, 5.74) is 0. The molecule has 4 N–H and O–H groups in total. The SMILES string of the molecule is CCCCC/C=C/C/C=C/C/C=C/CCCCC(=O)O[C@@H](COC(=O)CCCCCCCCCCCCCCCC)CO[C@H]1O[C@@H](CO)[C@@H](O)C(O)C1O. The third kappa shape index (κ3) is 26.7. The van der Waals surface area contributed by atoms with Crippen LogP contribution < -0.4 is 0 Å².